The molecule has 118 valence electrons. The fraction of sp³-hybridized carbons (Fsp3) is 0.125. The van der Waals surface area contributed by atoms with Crippen molar-refractivity contribution in [2.45, 2.75) is 6.92 Å². The van der Waals surface area contributed by atoms with Crippen molar-refractivity contribution in [1.82, 2.24) is 9.97 Å². The number of rotatable bonds is 5. The summed E-state index contributed by atoms with van der Waals surface area (Å²) in [6.07, 6.45) is 1.62. The number of ether oxygens (including phenoxy) is 1. The number of halogens is 1. The second-order valence-corrected chi connectivity index (χ2v) is 5.61. The minimum absolute atomic E-state index is 0.0780. The van der Waals surface area contributed by atoms with Crippen LogP contribution < -0.4 is 10.2 Å². The van der Waals surface area contributed by atoms with E-state index in [0.29, 0.717) is 22.8 Å². The summed E-state index contributed by atoms with van der Waals surface area (Å²) in [7, 11) is 0. The summed E-state index contributed by atoms with van der Waals surface area (Å²) >= 11 is 3.30. The Morgan fingerprint density at radius 2 is 2.22 bits per heavy atom. The van der Waals surface area contributed by atoms with Gasteiger partial charge in [0.05, 0.1) is 28.3 Å². The smallest absolute Gasteiger partial charge is 0.222 e. The molecule has 2 aromatic carbocycles. The van der Waals surface area contributed by atoms with E-state index >= 15 is 0 Å². The predicted octanol–water partition coefficient (Wildman–Crippen LogP) is 3.88. The number of nitrogens with zero attached hydrogens (tertiary/aromatic N) is 2. The van der Waals surface area contributed by atoms with Crippen molar-refractivity contribution in [1.29, 1.82) is 0 Å². The fourth-order valence-corrected chi connectivity index (χ4v) is 2.57. The highest BCUT2D eigenvalue weighted by atomic mass is 79.9. The van der Waals surface area contributed by atoms with Gasteiger partial charge in [-0.1, -0.05) is 12.1 Å². The number of hydrogen-bond acceptors (Lipinski definition) is 5. The molecule has 3 rings (SSSR count). The summed E-state index contributed by atoms with van der Waals surface area (Å²) in [6, 6.07) is 11.2. The van der Waals surface area contributed by atoms with E-state index in [2.05, 4.69) is 36.4 Å². The molecule has 0 aliphatic rings. The number of H-pyrrole nitrogens is 1. The second kappa shape index (κ2) is 6.70. The average Bonchev–Trinajstić information content (AvgIpc) is 2.95. The molecule has 23 heavy (non-hydrogen) atoms. The normalized spacial score (nSPS) is 11.2. The molecule has 0 atom stereocenters. The maximum Gasteiger partial charge on any atom is 0.222 e. The van der Waals surface area contributed by atoms with Gasteiger partial charge in [0.2, 0.25) is 5.95 Å². The third-order valence-corrected chi connectivity index (χ3v) is 3.73. The summed E-state index contributed by atoms with van der Waals surface area (Å²) < 4.78 is 5.93. The molecule has 3 N–H and O–H groups in total. The van der Waals surface area contributed by atoms with Gasteiger partial charge in [0.25, 0.3) is 0 Å². The van der Waals surface area contributed by atoms with E-state index in [4.69, 9.17) is 4.74 Å². The Bertz CT molecular complexity index is 827. The molecule has 0 saturated carbocycles. The zero-order valence-corrected chi connectivity index (χ0v) is 14.0. The van der Waals surface area contributed by atoms with E-state index < -0.39 is 0 Å². The van der Waals surface area contributed by atoms with Crippen LogP contribution in [0.15, 0.2) is 46.0 Å². The lowest BCUT2D eigenvalue weighted by Crippen LogP contribution is -1.95. The average molecular weight is 375 g/mol. The first-order chi connectivity index (χ1) is 11.2. The summed E-state index contributed by atoms with van der Waals surface area (Å²) in [5.74, 6) is 1.05. The third kappa shape index (κ3) is 3.45. The topological polar surface area (TPSA) is 82.5 Å². The van der Waals surface area contributed by atoms with Crippen molar-refractivity contribution in [3.8, 4) is 11.5 Å². The molecule has 0 fully saturated rings. The lowest BCUT2D eigenvalue weighted by Gasteiger charge is -2.08. The molecule has 0 bridgehead atoms. The van der Waals surface area contributed by atoms with E-state index in [1.807, 2.05) is 31.2 Å². The van der Waals surface area contributed by atoms with Gasteiger partial charge in [-0.3, -0.25) is 0 Å². The van der Waals surface area contributed by atoms with Crippen LogP contribution >= 0.6 is 15.9 Å². The van der Waals surface area contributed by atoms with Crippen LogP contribution in [-0.4, -0.2) is 27.9 Å². The van der Waals surface area contributed by atoms with E-state index in [-0.39, 0.29) is 5.75 Å². The van der Waals surface area contributed by atoms with Crippen molar-refractivity contribution in [2.75, 3.05) is 12.0 Å². The lowest BCUT2D eigenvalue weighted by molar-refractivity contribution is 0.317. The Morgan fingerprint density at radius 3 is 3.00 bits per heavy atom. The molecule has 1 heterocycles. The van der Waals surface area contributed by atoms with Crippen LogP contribution in [0, 0.1) is 0 Å². The van der Waals surface area contributed by atoms with Gasteiger partial charge in [0.1, 0.15) is 0 Å². The van der Waals surface area contributed by atoms with Gasteiger partial charge in [-0.15, -0.1) is 0 Å². The Kier molecular flexibility index (Phi) is 4.47. The number of hydrazone groups is 1. The third-order valence-electron chi connectivity index (χ3n) is 3.12. The van der Waals surface area contributed by atoms with Crippen molar-refractivity contribution < 1.29 is 9.84 Å². The SMILES string of the molecule is CCOc1cc(C=NNc2nc3ccccc3[nH]2)cc(Br)c1O. The lowest BCUT2D eigenvalue weighted by atomic mass is 10.2. The van der Waals surface area contributed by atoms with Gasteiger partial charge < -0.3 is 14.8 Å². The van der Waals surface area contributed by atoms with E-state index in [9.17, 15) is 5.11 Å². The number of aromatic nitrogens is 2. The number of phenols is 1. The van der Waals surface area contributed by atoms with E-state index in [1.54, 1.807) is 18.3 Å². The van der Waals surface area contributed by atoms with Crippen LogP contribution in [0.25, 0.3) is 11.0 Å². The number of hydrogen-bond donors (Lipinski definition) is 3. The molecular weight excluding hydrogens is 360 g/mol. The predicted molar refractivity (Wildman–Crippen MR) is 94.3 cm³/mol. The Balaban J connectivity index is 1.77. The Hall–Kier alpha value is -2.54. The van der Waals surface area contributed by atoms with E-state index in [1.165, 1.54) is 0 Å². The number of anilines is 1. The molecule has 3 aromatic rings. The number of benzene rings is 2. The number of nitrogens with one attached hydrogen (secondary N) is 2. The summed E-state index contributed by atoms with van der Waals surface area (Å²) in [5, 5.41) is 14.0. The first-order valence-corrected chi connectivity index (χ1v) is 7.86. The standard InChI is InChI=1S/C16H15BrN4O2/c1-2-23-14-8-10(7-11(17)15(14)22)9-18-21-16-19-12-5-3-4-6-13(12)20-16/h3-9,22H,2H2,1H3,(H2,19,20,21). The number of fused-ring (bicyclic) bond motifs is 1. The molecule has 0 unspecified atom stereocenters. The minimum atomic E-state index is 0.0780. The monoisotopic (exact) mass is 374 g/mol. The summed E-state index contributed by atoms with van der Waals surface area (Å²) in [6.45, 7) is 2.33. The van der Waals surface area contributed by atoms with Crippen molar-refractivity contribution >= 4 is 39.1 Å². The van der Waals surface area contributed by atoms with Crippen LogP contribution in [0.1, 0.15) is 12.5 Å². The molecule has 0 aliphatic carbocycles. The Labute approximate surface area is 141 Å². The quantitative estimate of drug-likeness (QED) is 0.467. The molecule has 0 spiro atoms. The highest BCUT2D eigenvalue weighted by Crippen LogP contribution is 2.35. The van der Waals surface area contributed by atoms with Gasteiger partial charge in [-0.25, -0.2) is 10.4 Å². The van der Waals surface area contributed by atoms with Gasteiger partial charge in [-0.05, 0) is 52.7 Å². The van der Waals surface area contributed by atoms with Gasteiger partial charge in [0, 0.05) is 0 Å². The highest BCUT2D eigenvalue weighted by molar-refractivity contribution is 9.10. The Morgan fingerprint density at radius 1 is 1.39 bits per heavy atom. The highest BCUT2D eigenvalue weighted by Gasteiger charge is 2.08. The zero-order chi connectivity index (χ0) is 16.2. The van der Waals surface area contributed by atoms with Crippen molar-refractivity contribution in [3.63, 3.8) is 0 Å². The maximum atomic E-state index is 9.89. The van der Waals surface area contributed by atoms with Gasteiger partial charge in [-0.2, -0.15) is 5.10 Å². The van der Waals surface area contributed by atoms with Crippen LogP contribution in [0.5, 0.6) is 11.5 Å². The first kappa shape index (κ1) is 15.4. The fourth-order valence-electron chi connectivity index (χ4n) is 2.11. The number of para-hydroxylation sites is 2. The molecule has 1 aromatic heterocycles. The first-order valence-electron chi connectivity index (χ1n) is 7.06. The molecule has 7 heteroatoms. The molecule has 6 nitrogen and oxygen atoms in total. The van der Waals surface area contributed by atoms with Gasteiger partial charge in [0.15, 0.2) is 11.5 Å². The second-order valence-electron chi connectivity index (χ2n) is 4.76. The van der Waals surface area contributed by atoms with Crippen LogP contribution in [-0.2, 0) is 0 Å². The number of aromatic hydroxyl groups is 1. The summed E-state index contributed by atoms with van der Waals surface area (Å²) in [4.78, 5) is 7.49. The molecule has 0 amide bonds. The van der Waals surface area contributed by atoms with Crippen LogP contribution in [0.3, 0.4) is 0 Å². The zero-order valence-electron chi connectivity index (χ0n) is 12.4. The van der Waals surface area contributed by atoms with Crippen LogP contribution in [0.4, 0.5) is 5.95 Å². The number of aromatic amines is 1. The number of imidazole rings is 1. The molecular formula is C16H15BrN4O2. The maximum absolute atomic E-state index is 9.89. The van der Waals surface area contributed by atoms with E-state index in [0.717, 1.165) is 16.6 Å². The van der Waals surface area contributed by atoms with Gasteiger partial charge >= 0.3 is 0 Å². The summed E-state index contributed by atoms with van der Waals surface area (Å²) in [5.41, 5.74) is 5.44. The number of phenolic OH excluding ortho intramolecular Hbond substituents is 1. The van der Waals surface area contributed by atoms with Crippen molar-refractivity contribution in [2.24, 2.45) is 5.10 Å². The molecule has 0 aliphatic heterocycles. The molecule has 0 saturated heterocycles. The largest absolute Gasteiger partial charge is 0.503 e. The minimum Gasteiger partial charge on any atom is -0.503 e. The molecule has 0 radical (unpaired) electrons. The van der Waals surface area contributed by atoms with Crippen molar-refractivity contribution in [3.05, 3.63) is 46.4 Å². The van der Waals surface area contributed by atoms with Crippen LogP contribution in [0.2, 0.25) is 0 Å².